The SMILES string of the molecule is COc1ccc(C(=O)O)cc1N1CCC(=O)NC1=O.Cc1ccc(C(=O)O)cc1N1CCC(=O)NC1=O.Cc1ccc(C(=O)O)cc1N1CCC(=O)NC1=O.O=C1CCN(c2cccc(C(=O)O)c2)C(=O)N1. The molecule has 4 aromatic rings. The molecule has 4 heterocycles. The van der Waals surface area contributed by atoms with Crippen molar-refractivity contribution < 1.29 is 82.7 Å². The van der Waals surface area contributed by atoms with Crippen molar-refractivity contribution in [3.05, 3.63) is 112 Å². The molecular formula is C47H46N8O17. The van der Waals surface area contributed by atoms with Crippen LogP contribution in [0.3, 0.4) is 0 Å². The van der Waals surface area contributed by atoms with Crippen molar-refractivity contribution >= 4 is 94.4 Å². The molecule has 4 aliphatic heterocycles. The van der Waals surface area contributed by atoms with Crippen LogP contribution in [0.1, 0.15) is 78.2 Å². The number of aromatic carboxylic acids is 4. The summed E-state index contributed by atoms with van der Waals surface area (Å²) >= 11 is 0. The van der Waals surface area contributed by atoms with Gasteiger partial charge in [0.25, 0.3) is 0 Å². The number of carboxylic acid groups (broad SMARTS) is 4. The summed E-state index contributed by atoms with van der Waals surface area (Å²) in [7, 11) is 1.42. The number of rotatable bonds is 9. The molecule has 8 N–H and O–H groups in total. The molecule has 0 radical (unpaired) electrons. The number of imide groups is 4. The fourth-order valence-corrected chi connectivity index (χ4v) is 7.10. The molecule has 376 valence electrons. The Kier molecular flexibility index (Phi) is 17.4. The first-order chi connectivity index (χ1) is 34.1. The summed E-state index contributed by atoms with van der Waals surface area (Å²) in [4.78, 5) is 140. The molecule has 0 aromatic heterocycles. The van der Waals surface area contributed by atoms with E-state index < -0.39 is 48.0 Å². The molecule has 0 atom stereocenters. The van der Waals surface area contributed by atoms with Gasteiger partial charge in [-0.3, -0.25) is 60.0 Å². The number of aryl methyl sites for hydroxylation is 2. The Morgan fingerprint density at radius 3 is 1.10 bits per heavy atom. The molecule has 4 saturated heterocycles. The number of hydrogen-bond donors (Lipinski definition) is 8. The lowest BCUT2D eigenvalue weighted by Gasteiger charge is -2.28. The van der Waals surface area contributed by atoms with E-state index in [-0.39, 0.29) is 97.7 Å². The Morgan fingerprint density at radius 2 is 0.750 bits per heavy atom. The number of anilines is 4. The van der Waals surface area contributed by atoms with Crippen LogP contribution in [-0.4, -0.2) is 125 Å². The van der Waals surface area contributed by atoms with Crippen molar-refractivity contribution in [1.82, 2.24) is 21.3 Å². The molecule has 72 heavy (non-hydrogen) atoms. The monoisotopic (exact) mass is 994 g/mol. The maximum absolute atomic E-state index is 11.7. The highest BCUT2D eigenvalue weighted by atomic mass is 16.5. The van der Waals surface area contributed by atoms with Gasteiger partial charge in [-0.05, 0) is 85.6 Å². The normalized spacial score (nSPS) is 15.4. The van der Waals surface area contributed by atoms with Crippen molar-refractivity contribution in [3.63, 3.8) is 0 Å². The number of urea groups is 4. The summed E-state index contributed by atoms with van der Waals surface area (Å²) in [5.74, 6) is -5.19. The van der Waals surface area contributed by atoms with Crippen LogP contribution in [0, 0.1) is 13.8 Å². The highest BCUT2D eigenvalue weighted by Gasteiger charge is 2.29. The van der Waals surface area contributed by atoms with Crippen LogP contribution >= 0.6 is 0 Å². The van der Waals surface area contributed by atoms with E-state index in [2.05, 4.69) is 21.3 Å². The van der Waals surface area contributed by atoms with E-state index in [1.165, 1.54) is 81.3 Å². The number of hydrogen-bond acceptors (Lipinski definition) is 13. The lowest BCUT2D eigenvalue weighted by atomic mass is 10.1. The highest BCUT2D eigenvalue weighted by Crippen LogP contribution is 2.31. The van der Waals surface area contributed by atoms with Crippen molar-refractivity contribution in [3.8, 4) is 5.75 Å². The number of carbonyl (C=O) groups is 12. The van der Waals surface area contributed by atoms with Crippen LogP contribution in [-0.2, 0) is 19.2 Å². The molecule has 25 heteroatoms. The zero-order chi connectivity index (χ0) is 53.0. The molecule has 0 bridgehead atoms. The topological polar surface area (TPSA) is 356 Å². The fourth-order valence-electron chi connectivity index (χ4n) is 7.10. The van der Waals surface area contributed by atoms with E-state index in [1.54, 1.807) is 38.1 Å². The molecule has 4 aliphatic rings. The number of benzene rings is 4. The van der Waals surface area contributed by atoms with E-state index in [1.807, 2.05) is 0 Å². The van der Waals surface area contributed by atoms with Crippen LogP contribution in [0.25, 0.3) is 0 Å². The Labute approximate surface area is 407 Å². The minimum absolute atomic E-state index is 0.0421. The second-order valence-electron chi connectivity index (χ2n) is 15.7. The quantitative estimate of drug-likeness (QED) is 0.118. The van der Waals surface area contributed by atoms with E-state index in [0.717, 1.165) is 11.1 Å². The second-order valence-corrected chi connectivity index (χ2v) is 15.7. The van der Waals surface area contributed by atoms with Gasteiger partial charge < -0.3 is 25.2 Å². The lowest BCUT2D eigenvalue weighted by molar-refractivity contribution is -0.121. The van der Waals surface area contributed by atoms with Crippen molar-refractivity contribution in [2.45, 2.75) is 39.5 Å². The van der Waals surface area contributed by atoms with Gasteiger partial charge in [-0.1, -0.05) is 18.2 Å². The summed E-state index contributed by atoms with van der Waals surface area (Å²) < 4.78 is 5.11. The van der Waals surface area contributed by atoms with Gasteiger partial charge in [0.05, 0.1) is 35.1 Å². The molecular weight excluding hydrogens is 949 g/mol. The second kappa shape index (κ2) is 23.6. The zero-order valence-corrected chi connectivity index (χ0v) is 38.5. The van der Waals surface area contributed by atoms with Gasteiger partial charge in [0.1, 0.15) is 5.75 Å². The number of carboxylic acids is 4. The van der Waals surface area contributed by atoms with Gasteiger partial charge in [-0.15, -0.1) is 0 Å². The maximum Gasteiger partial charge on any atom is 0.335 e. The fraction of sp³-hybridized carbons (Fsp3) is 0.234. The van der Waals surface area contributed by atoms with Gasteiger partial charge >= 0.3 is 48.0 Å². The minimum atomic E-state index is -1.10. The standard InChI is InChI=1S/C12H12N2O5.2C12H12N2O4.C11H10N2O4/c1-19-9-3-2-7(11(16)17)6-8(9)14-5-4-10(15)13-12(14)18;2*1-7-2-3-8(11(16)17)6-9(7)14-5-4-10(15)13-12(14)18;14-9-4-5-13(11(17)12-9)8-3-1-2-7(6-8)10(15)16/h2-3,6H,4-5H2,1H3,(H,16,17)(H,13,15,18);2*2-3,6H,4-5H2,1H3,(H,16,17)(H,13,15,18);1-3,6H,4-5H2,(H,15,16)(H,12,14,17). The first kappa shape index (κ1) is 53.3. The Morgan fingerprint density at radius 1 is 0.431 bits per heavy atom. The number of amides is 12. The van der Waals surface area contributed by atoms with Gasteiger partial charge in [-0.25, -0.2) is 38.4 Å². The summed E-state index contributed by atoms with van der Waals surface area (Å²) in [6.07, 6.45) is 0.792. The Bertz CT molecular complexity index is 2810. The zero-order valence-electron chi connectivity index (χ0n) is 38.5. The van der Waals surface area contributed by atoms with Crippen LogP contribution < -0.4 is 45.6 Å². The van der Waals surface area contributed by atoms with Gasteiger partial charge in [0.2, 0.25) is 23.6 Å². The van der Waals surface area contributed by atoms with Crippen LogP contribution in [0.4, 0.5) is 41.9 Å². The average Bonchev–Trinajstić information content (AvgIpc) is 3.32. The van der Waals surface area contributed by atoms with Crippen molar-refractivity contribution in [1.29, 1.82) is 0 Å². The highest BCUT2D eigenvalue weighted by molar-refractivity contribution is 6.09. The van der Waals surface area contributed by atoms with Crippen LogP contribution in [0.15, 0.2) is 78.9 Å². The van der Waals surface area contributed by atoms with Crippen molar-refractivity contribution in [2.75, 3.05) is 52.9 Å². The molecule has 0 spiro atoms. The summed E-state index contributed by atoms with van der Waals surface area (Å²) in [6.45, 7) is 4.52. The number of carbonyl (C=O) groups excluding carboxylic acids is 8. The molecule has 0 saturated carbocycles. The van der Waals surface area contributed by atoms with Gasteiger partial charge in [0, 0.05) is 68.9 Å². The van der Waals surface area contributed by atoms with E-state index >= 15 is 0 Å². The lowest BCUT2D eigenvalue weighted by Crippen LogP contribution is -2.49. The smallest absolute Gasteiger partial charge is 0.335 e. The average molecular weight is 995 g/mol. The number of methoxy groups -OCH3 is 1. The summed E-state index contributed by atoms with van der Waals surface area (Å²) in [6, 6.07) is 17.2. The number of nitrogens with zero attached hydrogens (tertiary/aromatic N) is 4. The summed E-state index contributed by atoms with van der Waals surface area (Å²) in [5.41, 5.74) is 3.75. The third-order valence-corrected chi connectivity index (χ3v) is 10.8. The molecule has 25 nitrogen and oxygen atoms in total. The third kappa shape index (κ3) is 13.5. The molecule has 12 amide bonds. The Hall–Kier alpha value is -9.68. The predicted octanol–water partition coefficient (Wildman–Crippen LogP) is 3.95. The first-order valence-electron chi connectivity index (χ1n) is 21.5. The molecule has 4 fully saturated rings. The summed E-state index contributed by atoms with van der Waals surface area (Å²) in [5, 5.41) is 44.4. The van der Waals surface area contributed by atoms with E-state index in [4.69, 9.17) is 25.2 Å². The third-order valence-electron chi connectivity index (χ3n) is 10.8. The minimum Gasteiger partial charge on any atom is -0.495 e. The number of nitrogens with one attached hydrogen (secondary N) is 4. The largest absolute Gasteiger partial charge is 0.495 e. The van der Waals surface area contributed by atoms with Gasteiger partial charge in [-0.2, -0.15) is 0 Å². The van der Waals surface area contributed by atoms with Crippen LogP contribution in [0.5, 0.6) is 5.75 Å². The molecule has 8 rings (SSSR count). The molecule has 0 unspecified atom stereocenters. The Balaban J connectivity index is 0.000000178. The maximum atomic E-state index is 11.7. The van der Waals surface area contributed by atoms with Gasteiger partial charge in [0.15, 0.2) is 0 Å². The van der Waals surface area contributed by atoms with Crippen LogP contribution in [0.2, 0.25) is 0 Å². The number of ether oxygens (including phenoxy) is 1. The van der Waals surface area contributed by atoms with Crippen molar-refractivity contribution in [2.24, 2.45) is 0 Å². The first-order valence-corrected chi connectivity index (χ1v) is 21.5. The predicted molar refractivity (Wildman–Crippen MR) is 252 cm³/mol. The van der Waals surface area contributed by atoms with E-state index in [9.17, 15) is 57.5 Å². The molecule has 0 aliphatic carbocycles. The molecule has 4 aromatic carbocycles. The van der Waals surface area contributed by atoms with E-state index in [0.29, 0.717) is 28.5 Å².